The van der Waals surface area contributed by atoms with Crippen molar-refractivity contribution in [1.82, 2.24) is 0 Å². The van der Waals surface area contributed by atoms with Gasteiger partial charge in [0.05, 0.1) is 31.0 Å². The van der Waals surface area contributed by atoms with Crippen LogP contribution in [-0.2, 0) is 23.7 Å². The average molecular weight is 647 g/mol. The third-order valence-electron chi connectivity index (χ3n) is 12.2. The van der Waals surface area contributed by atoms with Gasteiger partial charge in [-0.1, -0.05) is 26.8 Å². The quantitative estimate of drug-likeness (QED) is 0.128. The Morgan fingerprint density at radius 3 is 1.69 bits per heavy atom. The lowest BCUT2D eigenvalue weighted by Crippen LogP contribution is -2.69. The molecule has 3 saturated heterocycles. The van der Waals surface area contributed by atoms with Crippen LogP contribution in [0.1, 0.15) is 66.7 Å². The largest absolute Gasteiger partial charge is 0.394 e. The first-order valence-corrected chi connectivity index (χ1v) is 16.2. The summed E-state index contributed by atoms with van der Waals surface area (Å²) in [5.41, 5.74) is -2.18. The second-order valence-corrected chi connectivity index (χ2v) is 15.2. The molecule has 45 heavy (non-hydrogen) atoms. The van der Waals surface area contributed by atoms with Gasteiger partial charge in [0.1, 0.15) is 54.4 Å². The third-order valence-corrected chi connectivity index (χ3v) is 12.2. The molecule has 5 rings (SSSR count). The highest BCUT2D eigenvalue weighted by molar-refractivity contribution is 5.17. The number of fused-ring (bicyclic) bond motifs is 3. The van der Waals surface area contributed by atoms with E-state index < -0.39 is 97.3 Å². The maximum absolute atomic E-state index is 10.7. The van der Waals surface area contributed by atoms with Gasteiger partial charge in [-0.25, -0.2) is 0 Å². The fourth-order valence-electron chi connectivity index (χ4n) is 9.43. The second-order valence-electron chi connectivity index (χ2n) is 15.2. The second kappa shape index (κ2) is 12.6. The van der Waals surface area contributed by atoms with Crippen LogP contribution in [0.25, 0.3) is 0 Å². The number of hydrogen-bond donors (Lipinski definition) is 8. The minimum atomic E-state index is -1.57. The molecule has 13 heteroatoms. The number of hydrogen-bond acceptors (Lipinski definition) is 13. The van der Waals surface area contributed by atoms with Crippen LogP contribution >= 0.6 is 0 Å². The molecular weight excluding hydrogens is 592 g/mol. The molecule has 0 radical (unpaired) electrons. The van der Waals surface area contributed by atoms with Gasteiger partial charge in [-0.05, 0) is 68.6 Å². The van der Waals surface area contributed by atoms with Gasteiger partial charge in [-0.2, -0.15) is 0 Å². The first-order valence-electron chi connectivity index (χ1n) is 16.2. The molecular formula is C32H54O13. The van der Waals surface area contributed by atoms with E-state index in [2.05, 4.69) is 34.3 Å². The van der Waals surface area contributed by atoms with Crippen LogP contribution in [-0.4, -0.2) is 139 Å². The van der Waals surface area contributed by atoms with Crippen LogP contribution in [0.5, 0.6) is 0 Å². The Labute approximate surface area is 264 Å². The Kier molecular flexibility index (Phi) is 9.94. The summed E-state index contributed by atoms with van der Waals surface area (Å²) in [5.74, 6) is 0.121. The van der Waals surface area contributed by atoms with Crippen molar-refractivity contribution >= 4 is 0 Å². The summed E-state index contributed by atoms with van der Waals surface area (Å²) in [7, 11) is 0. The van der Waals surface area contributed by atoms with Gasteiger partial charge in [0, 0.05) is 0 Å². The number of aliphatic hydroxyl groups is 8. The molecule has 0 aromatic carbocycles. The van der Waals surface area contributed by atoms with Gasteiger partial charge < -0.3 is 64.5 Å². The van der Waals surface area contributed by atoms with E-state index in [0.29, 0.717) is 12.8 Å². The van der Waals surface area contributed by atoms with E-state index in [1.54, 1.807) is 6.08 Å². The number of aliphatic hydroxyl groups excluding tert-OH is 8. The third kappa shape index (κ3) is 5.83. The first kappa shape index (κ1) is 35.5. The van der Waals surface area contributed by atoms with Gasteiger partial charge in [0.2, 0.25) is 0 Å². The maximum Gasteiger partial charge on any atom is 0.187 e. The maximum atomic E-state index is 10.7. The molecule has 8 N–H and O–H groups in total. The lowest BCUT2D eigenvalue weighted by Gasteiger charge is -2.67. The molecule has 0 spiro atoms. The van der Waals surface area contributed by atoms with Gasteiger partial charge in [-0.15, -0.1) is 6.58 Å². The molecule has 0 aromatic rings. The van der Waals surface area contributed by atoms with E-state index >= 15 is 0 Å². The Morgan fingerprint density at radius 1 is 0.689 bits per heavy atom. The molecule has 0 aromatic heterocycles. The highest BCUT2D eigenvalue weighted by atomic mass is 16.7. The molecule has 17 atom stereocenters. The van der Waals surface area contributed by atoms with Crippen molar-refractivity contribution in [3.05, 3.63) is 12.7 Å². The molecule has 0 unspecified atom stereocenters. The molecule has 0 bridgehead atoms. The summed E-state index contributed by atoms with van der Waals surface area (Å²) in [5, 5.41) is 81.9. The van der Waals surface area contributed by atoms with Crippen LogP contribution < -0.4 is 0 Å². The van der Waals surface area contributed by atoms with Crippen molar-refractivity contribution in [1.29, 1.82) is 0 Å². The van der Waals surface area contributed by atoms with Gasteiger partial charge >= 0.3 is 0 Å². The highest BCUT2D eigenvalue weighted by Crippen LogP contribution is 2.66. The summed E-state index contributed by atoms with van der Waals surface area (Å²) >= 11 is 0. The lowest BCUT2D eigenvalue weighted by atomic mass is 9.43. The lowest BCUT2D eigenvalue weighted by molar-refractivity contribution is -0.356. The normalized spacial score (nSPS) is 55.0. The summed E-state index contributed by atoms with van der Waals surface area (Å²) in [6.07, 6.45) is -9.64. The molecule has 5 aliphatic rings. The molecule has 13 nitrogen and oxygen atoms in total. The minimum absolute atomic E-state index is 0.0147. The van der Waals surface area contributed by atoms with Crippen LogP contribution in [0.2, 0.25) is 0 Å². The summed E-state index contributed by atoms with van der Waals surface area (Å²) < 4.78 is 31.0. The smallest absolute Gasteiger partial charge is 0.187 e. The highest BCUT2D eigenvalue weighted by Gasteiger charge is 2.66. The van der Waals surface area contributed by atoms with Gasteiger partial charge in [0.25, 0.3) is 0 Å². The van der Waals surface area contributed by atoms with E-state index in [-0.39, 0.29) is 23.4 Å². The zero-order chi connectivity index (χ0) is 33.3. The van der Waals surface area contributed by atoms with Crippen LogP contribution in [0.15, 0.2) is 12.7 Å². The van der Waals surface area contributed by atoms with Crippen molar-refractivity contribution in [3.63, 3.8) is 0 Å². The van der Waals surface area contributed by atoms with Crippen molar-refractivity contribution in [2.75, 3.05) is 13.2 Å². The molecule has 0 amide bonds. The fourth-order valence-corrected chi connectivity index (χ4v) is 9.43. The van der Waals surface area contributed by atoms with Crippen molar-refractivity contribution < 1.29 is 64.5 Å². The van der Waals surface area contributed by atoms with E-state index in [4.69, 9.17) is 23.7 Å². The fraction of sp³-hybridized carbons (Fsp3) is 0.938. The molecule has 260 valence electrons. The number of rotatable bonds is 7. The number of ether oxygens (including phenoxy) is 5. The van der Waals surface area contributed by atoms with Gasteiger partial charge in [-0.3, -0.25) is 0 Å². The average Bonchev–Trinajstić information content (AvgIpc) is 2.99. The van der Waals surface area contributed by atoms with Crippen molar-refractivity contribution in [3.8, 4) is 0 Å². The zero-order valence-electron chi connectivity index (χ0n) is 26.9. The topological polar surface area (TPSA) is 208 Å². The van der Waals surface area contributed by atoms with Crippen LogP contribution in [0.3, 0.4) is 0 Å². The summed E-state index contributed by atoms with van der Waals surface area (Å²) in [4.78, 5) is 0. The molecule has 2 aliphatic carbocycles. The monoisotopic (exact) mass is 646 g/mol. The predicted molar refractivity (Wildman–Crippen MR) is 157 cm³/mol. The predicted octanol–water partition coefficient (Wildman–Crippen LogP) is -0.667. The van der Waals surface area contributed by atoms with Crippen LogP contribution in [0.4, 0.5) is 0 Å². The Balaban J connectivity index is 1.38. The molecule has 3 aliphatic heterocycles. The van der Waals surface area contributed by atoms with Crippen molar-refractivity contribution in [2.45, 2.75) is 152 Å². The minimum Gasteiger partial charge on any atom is -0.394 e. The van der Waals surface area contributed by atoms with E-state index in [9.17, 15) is 40.9 Å². The zero-order valence-corrected chi connectivity index (χ0v) is 26.9. The van der Waals surface area contributed by atoms with E-state index in [0.717, 1.165) is 19.3 Å². The SMILES string of the molecule is C=C[C@]1(C)O[C@@]2(C)CC[C@@H]3C(C)(C)[C@H](O[C@@H]4O[C@H](CO)[C@@H](O)[C@H](O)[C@H]4O)CC[C@@]3(C)[C@@H]2C[C@H]1O[C@@H]1O[C@H](CO)[C@@H](O)[C@H](O)[C@H]1O. The Bertz CT molecular complexity index is 1060. The molecule has 5 fully saturated rings. The van der Waals surface area contributed by atoms with Crippen LogP contribution in [0, 0.1) is 22.7 Å². The molecule has 2 saturated carbocycles. The Hall–Kier alpha value is -0.780. The van der Waals surface area contributed by atoms with E-state index in [1.165, 1.54) is 0 Å². The molecule has 3 heterocycles. The van der Waals surface area contributed by atoms with Crippen molar-refractivity contribution in [2.24, 2.45) is 22.7 Å². The first-order chi connectivity index (χ1) is 21.0. The van der Waals surface area contributed by atoms with E-state index in [1.807, 2.05) is 6.92 Å². The standard InChI is InChI=1S/C32H54O13/c1-7-31(5)20(44-28-26(40)24(38)22(36)16(14-34)42-28)12-18-30(4)10-9-19(29(2,3)17(30)8-11-32(18,6)45-31)43-27-25(39)23(37)21(35)15(13-33)41-27/h7,15-28,33-40H,1,8-14H2,2-6H3/t15-,16-,17-,18+,19-,20-,21-,22-,23+,24+,25-,26-,27+,28+,30-,31+,32+/m1/s1. The Morgan fingerprint density at radius 2 is 1.20 bits per heavy atom. The summed E-state index contributed by atoms with van der Waals surface area (Å²) in [6, 6.07) is 0. The van der Waals surface area contributed by atoms with Gasteiger partial charge in [0.15, 0.2) is 12.6 Å². The summed E-state index contributed by atoms with van der Waals surface area (Å²) in [6.45, 7) is 13.4.